The highest BCUT2D eigenvalue weighted by atomic mass is 35.5. The first-order chi connectivity index (χ1) is 22.5. The molecule has 2 heterocycles. The van der Waals surface area contributed by atoms with Crippen LogP contribution in [0, 0.1) is 12.7 Å². The molecule has 2 amide bonds. The van der Waals surface area contributed by atoms with E-state index in [0.29, 0.717) is 31.7 Å². The number of benzene rings is 3. The maximum Gasteiger partial charge on any atom is 0.287 e. The van der Waals surface area contributed by atoms with Crippen molar-refractivity contribution in [2.75, 3.05) is 71.9 Å². The zero-order chi connectivity index (χ0) is 34.3. The molecule has 1 aliphatic heterocycles. The van der Waals surface area contributed by atoms with Crippen molar-refractivity contribution in [3.63, 3.8) is 0 Å². The van der Waals surface area contributed by atoms with Crippen molar-refractivity contribution in [1.29, 1.82) is 0 Å². The van der Waals surface area contributed by atoms with E-state index in [9.17, 15) is 23.6 Å². The van der Waals surface area contributed by atoms with Crippen LogP contribution in [-0.2, 0) is 4.79 Å². The fraction of sp³-hybridized carbons (Fsp3) is 0.314. The third-order valence-electron chi connectivity index (χ3n) is 7.17. The SMILES string of the molecule is CNCCN(C)C.Cc1ccc(Cl)cc1.O=Cc1ccccc1N1CCN(C(=O)CNC(=O)c2cc(=O)c3ccc(F)cc3o2)CC1. The van der Waals surface area contributed by atoms with Crippen molar-refractivity contribution in [2.45, 2.75) is 6.92 Å². The fourth-order valence-electron chi connectivity index (χ4n) is 4.54. The second kappa shape index (κ2) is 18.5. The Morgan fingerprint density at radius 1 is 1.00 bits per heavy atom. The van der Waals surface area contributed by atoms with Gasteiger partial charge in [0.1, 0.15) is 11.4 Å². The van der Waals surface area contributed by atoms with Gasteiger partial charge in [-0.1, -0.05) is 41.4 Å². The molecule has 12 heteroatoms. The van der Waals surface area contributed by atoms with Gasteiger partial charge in [-0.2, -0.15) is 0 Å². The number of piperazine rings is 1. The zero-order valence-electron chi connectivity index (χ0n) is 27.1. The number of aldehydes is 1. The predicted molar refractivity (Wildman–Crippen MR) is 184 cm³/mol. The van der Waals surface area contributed by atoms with Crippen LogP contribution < -0.4 is 21.0 Å². The van der Waals surface area contributed by atoms with Crippen LogP contribution in [0.4, 0.5) is 10.1 Å². The number of nitrogens with one attached hydrogen (secondary N) is 2. The molecule has 0 aliphatic carbocycles. The maximum atomic E-state index is 13.4. The lowest BCUT2D eigenvalue weighted by Gasteiger charge is -2.36. The highest BCUT2D eigenvalue weighted by Crippen LogP contribution is 2.20. The molecular weight excluding hydrogens is 625 g/mol. The van der Waals surface area contributed by atoms with E-state index < -0.39 is 17.2 Å². The van der Waals surface area contributed by atoms with Crippen LogP contribution in [0.3, 0.4) is 0 Å². The number of hydrogen-bond donors (Lipinski definition) is 2. The van der Waals surface area contributed by atoms with Crippen molar-refractivity contribution >= 4 is 46.4 Å². The molecule has 5 rings (SSSR count). The van der Waals surface area contributed by atoms with Gasteiger partial charge in [0.15, 0.2) is 17.5 Å². The van der Waals surface area contributed by atoms with Crippen LogP contribution in [0.25, 0.3) is 11.0 Å². The van der Waals surface area contributed by atoms with Gasteiger partial charge in [0.05, 0.1) is 11.9 Å². The molecule has 1 saturated heterocycles. The van der Waals surface area contributed by atoms with Gasteiger partial charge in [0, 0.05) is 67.7 Å². The van der Waals surface area contributed by atoms with Gasteiger partial charge in [0.25, 0.3) is 5.91 Å². The van der Waals surface area contributed by atoms with Gasteiger partial charge in [0.2, 0.25) is 5.91 Å². The minimum atomic E-state index is -0.736. The largest absolute Gasteiger partial charge is 0.451 e. The fourth-order valence-corrected chi connectivity index (χ4v) is 4.66. The minimum Gasteiger partial charge on any atom is -0.451 e. The molecule has 1 aliphatic rings. The number of aryl methyl sites for hydroxylation is 1. The topological polar surface area (TPSA) is 115 Å². The molecule has 3 aromatic carbocycles. The highest BCUT2D eigenvalue weighted by Gasteiger charge is 2.23. The first-order valence-electron chi connectivity index (χ1n) is 15.1. The quantitative estimate of drug-likeness (QED) is 0.269. The van der Waals surface area contributed by atoms with Crippen molar-refractivity contribution in [3.05, 3.63) is 111 Å². The molecule has 10 nitrogen and oxygen atoms in total. The number of fused-ring (bicyclic) bond motifs is 1. The predicted octanol–water partition coefficient (Wildman–Crippen LogP) is 4.24. The Morgan fingerprint density at radius 3 is 2.28 bits per heavy atom. The van der Waals surface area contributed by atoms with Gasteiger partial charge in [-0.25, -0.2) is 4.39 Å². The molecule has 0 saturated carbocycles. The summed E-state index contributed by atoms with van der Waals surface area (Å²) in [5, 5.41) is 6.47. The van der Waals surface area contributed by atoms with Crippen molar-refractivity contribution in [2.24, 2.45) is 0 Å². The lowest BCUT2D eigenvalue weighted by Crippen LogP contribution is -2.51. The second-order valence-corrected chi connectivity index (χ2v) is 11.5. The number of amides is 2. The van der Waals surface area contributed by atoms with Crippen LogP contribution in [-0.4, -0.2) is 94.9 Å². The summed E-state index contributed by atoms with van der Waals surface area (Å²) < 4.78 is 18.7. The Balaban J connectivity index is 0.000000329. The molecule has 47 heavy (non-hydrogen) atoms. The Hall–Kier alpha value is -4.58. The molecule has 4 aromatic rings. The first-order valence-corrected chi connectivity index (χ1v) is 15.5. The van der Waals surface area contributed by atoms with E-state index >= 15 is 0 Å². The number of hydrogen-bond acceptors (Lipinski definition) is 8. The monoisotopic (exact) mass is 665 g/mol. The summed E-state index contributed by atoms with van der Waals surface area (Å²) in [6.45, 7) is 5.94. The lowest BCUT2D eigenvalue weighted by molar-refractivity contribution is -0.130. The van der Waals surface area contributed by atoms with Gasteiger partial charge in [-0.05, 0) is 64.5 Å². The highest BCUT2D eigenvalue weighted by molar-refractivity contribution is 6.30. The maximum absolute atomic E-state index is 13.4. The van der Waals surface area contributed by atoms with Crippen LogP contribution in [0.15, 0.2) is 82.0 Å². The summed E-state index contributed by atoms with van der Waals surface area (Å²) in [5.41, 5.74) is 2.14. The van der Waals surface area contributed by atoms with Crippen molar-refractivity contribution in [3.8, 4) is 0 Å². The molecule has 0 radical (unpaired) electrons. The van der Waals surface area contributed by atoms with Crippen LogP contribution in [0.1, 0.15) is 26.5 Å². The number of para-hydroxylation sites is 1. The summed E-state index contributed by atoms with van der Waals surface area (Å²) in [4.78, 5) is 54.1. The molecule has 0 atom stereocenters. The molecule has 250 valence electrons. The minimum absolute atomic E-state index is 0.0410. The van der Waals surface area contributed by atoms with E-state index in [4.69, 9.17) is 16.0 Å². The Kier molecular flexibility index (Phi) is 14.5. The molecule has 0 bridgehead atoms. The van der Waals surface area contributed by atoms with Crippen molar-refractivity contribution < 1.29 is 23.2 Å². The van der Waals surface area contributed by atoms with E-state index in [1.165, 1.54) is 11.6 Å². The molecule has 2 N–H and O–H groups in total. The Labute approximate surface area is 279 Å². The summed E-state index contributed by atoms with van der Waals surface area (Å²) in [5.74, 6) is -1.91. The number of rotatable bonds is 8. The summed E-state index contributed by atoms with van der Waals surface area (Å²) in [7, 11) is 6.10. The third-order valence-corrected chi connectivity index (χ3v) is 7.42. The van der Waals surface area contributed by atoms with Gasteiger partial charge in [-0.3, -0.25) is 19.2 Å². The number of carbonyl (C=O) groups excluding carboxylic acids is 3. The third kappa shape index (κ3) is 11.6. The zero-order valence-corrected chi connectivity index (χ0v) is 27.9. The second-order valence-electron chi connectivity index (χ2n) is 11.0. The summed E-state index contributed by atoms with van der Waals surface area (Å²) in [6, 6.07) is 19.5. The van der Waals surface area contributed by atoms with E-state index in [1.54, 1.807) is 17.0 Å². The smallest absolute Gasteiger partial charge is 0.287 e. The Bertz CT molecular complexity index is 1670. The number of nitrogens with zero attached hydrogens (tertiary/aromatic N) is 3. The van der Waals surface area contributed by atoms with Crippen molar-refractivity contribution in [1.82, 2.24) is 20.4 Å². The normalized spacial score (nSPS) is 12.5. The number of anilines is 1. The van der Waals surface area contributed by atoms with E-state index in [-0.39, 0.29) is 29.2 Å². The van der Waals surface area contributed by atoms with E-state index in [1.807, 2.05) is 55.3 Å². The summed E-state index contributed by atoms with van der Waals surface area (Å²) >= 11 is 5.61. The molecule has 1 fully saturated rings. The van der Waals surface area contributed by atoms with Gasteiger partial charge < -0.3 is 29.8 Å². The molecule has 0 spiro atoms. The van der Waals surface area contributed by atoms with Crippen LogP contribution in [0.2, 0.25) is 5.02 Å². The van der Waals surface area contributed by atoms with Gasteiger partial charge in [-0.15, -0.1) is 0 Å². The van der Waals surface area contributed by atoms with E-state index in [0.717, 1.165) is 48.3 Å². The average Bonchev–Trinajstić information content (AvgIpc) is 3.07. The average molecular weight is 666 g/mol. The standard InChI is InChI=1S/C23H20FN3O5.C7H7Cl.C5H14N2/c24-16-5-6-17-19(29)12-21(32-20(17)11-16)23(31)25-13-22(30)27-9-7-26(8-10-27)18-4-2-1-3-15(18)14-28;1-6-2-4-7(8)5-3-6;1-6-4-5-7(2)3/h1-6,11-12,14H,7-10,13H2,(H,25,31);2-5H,1H3;6H,4-5H2,1-3H3. The molecular formula is C35H41ClFN5O5. The van der Waals surface area contributed by atoms with Crippen LogP contribution in [0.5, 0.6) is 0 Å². The first kappa shape index (κ1) is 36.9. The lowest BCUT2D eigenvalue weighted by atomic mass is 10.1. The summed E-state index contributed by atoms with van der Waals surface area (Å²) in [6.07, 6.45) is 0.807. The number of likely N-dealkylation sites (N-methyl/N-ethyl adjacent to an activating group) is 2. The Morgan fingerprint density at radius 2 is 1.68 bits per heavy atom. The molecule has 1 aromatic heterocycles. The molecule has 0 unspecified atom stereocenters. The van der Waals surface area contributed by atoms with E-state index in [2.05, 4.69) is 29.6 Å². The number of carbonyl (C=O) groups is 3. The van der Waals surface area contributed by atoms with Gasteiger partial charge >= 0.3 is 0 Å². The number of halogens is 2. The van der Waals surface area contributed by atoms with Crippen LogP contribution >= 0.6 is 11.6 Å².